The molecule has 0 spiro atoms. The summed E-state index contributed by atoms with van der Waals surface area (Å²) < 4.78 is 10.1. The highest BCUT2D eigenvalue weighted by Crippen LogP contribution is 2.35. The van der Waals surface area contributed by atoms with Crippen molar-refractivity contribution < 1.29 is 19.2 Å². The number of para-hydroxylation sites is 1. The van der Waals surface area contributed by atoms with Gasteiger partial charge in [-0.05, 0) is 19.9 Å². The Morgan fingerprint density at radius 3 is 2.71 bits per heavy atom. The first kappa shape index (κ1) is 17.2. The van der Waals surface area contributed by atoms with E-state index in [1.807, 2.05) is 0 Å². The highest BCUT2D eigenvalue weighted by molar-refractivity contribution is 6.32. The number of esters is 1. The summed E-state index contributed by atoms with van der Waals surface area (Å²) in [6.07, 6.45) is -0.458. The van der Waals surface area contributed by atoms with Crippen LogP contribution in [0, 0.1) is 10.1 Å². The molecule has 2 N–H and O–H groups in total. The zero-order valence-corrected chi connectivity index (χ0v) is 12.7. The first-order chi connectivity index (χ1) is 9.69. The second-order valence-electron chi connectivity index (χ2n) is 4.89. The number of hydrogen-bond acceptors (Lipinski definition) is 6. The Balaban J connectivity index is 2.92. The smallest absolute Gasteiger partial charge is 0.325 e. The molecule has 1 aromatic rings. The monoisotopic (exact) mass is 316 g/mol. The van der Waals surface area contributed by atoms with Crippen molar-refractivity contribution >= 4 is 23.3 Å². The van der Waals surface area contributed by atoms with Gasteiger partial charge in [0.25, 0.3) is 0 Å². The third-order valence-electron chi connectivity index (χ3n) is 2.83. The van der Waals surface area contributed by atoms with E-state index >= 15 is 0 Å². The quantitative estimate of drug-likeness (QED) is 0.490. The second-order valence-corrected chi connectivity index (χ2v) is 5.29. The van der Waals surface area contributed by atoms with E-state index in [1.165, 1.54) is 32.2 Å². The summed E-state index contributed by atoms with van der Waals surface area (Å²) in [7, 11) is 1.23. The number of carbonyl (C=O) groups is 1. The minimum absolute atomic E-state index is 0.0441. The summed E-state index contributed by atoms with van der Waals surface area (Å²) in [4.78, 5) is 21.9. The zero-order chi connectivity index (χ0) is 16.2. The Morgan fingerprint density at radius 1 is 1.57 bits per heavy atom. The van der Waals surface area contributed by atoms with E-state index < -0.39 is 22.5 Å². The molecule has 0 saturated carbocycles. The van der Waals surface area contributed by atoms with Gasteiger partial charge in [-0.1, -0.05) is 17.7 Å². The van der Waals surface area contributed by atoms with Gasteiger partial charge in [-0.2, -0.15) is 0 Å². The Labute approximate surface area is 127 Å². The van der Waals surface area contributed by atoms with Gasteiger partial charge in [-0.25, -0.2) is 0 Å². The number of nitro groups is 1. The molecule has 116 valence electrons. The average molecular weight is 317 g/mol. The van der Waals surface area contributed by atoms with Gasteiger partial charge in [0.2, 0.25) is 5.75 Å². The fourth-order valence-electron chi connectivity index (χ4n) is 1.91. The maximum absolute atomic E-state index is 11.5. The molecule has 0 fully saturated rings. The van der Waals surface area contributed by atoms with Crippen LogP contribution in [0.1, 0.15) is 20.3 Å². The number of ether oxygens (including phenoxy) is 2. The maximum atomic E-state index is 11.5. The number of nitro benzene ring substituents is 1. The van der Waals surface area contributed by atoms with Gasteiger partial charge < -0.3 is 15.2 Å². The van der Waals surface area contributed by atoms with Crippen molar-refractivity contribution in [3.63, 3.8) is 0 Å². The number of halogens is 1. The highest BCUT2D eigenvalue weighted by atomic mass is 35.5. The molecule has 0 aliphatic rings. The molecule has 0 saturated heterocycles. The molecular weight excluding hydrogens is 300 g/mol. The van der Waals surface area contributed by atoms with Crippen molar-refractivity contribution in [2.45, 2.75) is 31.9 Å². The summed E-state index contributed by atoms with van der Waals surface area (Å²) >= 11 is 5.93. The molecule has 21 heavy (non-hydrogen) atoms. The summed E-state index contributed by atoms with van der Waals surface area (Å²) in [5, 5.41) is 11.1. The molecule has 0 amide bonds. The topological polar surface area (TPSA) is 105 Å². The van der Waals surface area contributed by atoms with E-state index in [1.54, 1.807) is 6.92 Å². The first-order valence-corrected chi connectivity index (χ1v) is 6.53. The Morgan fingerprint density at radius 2 is 2.19 bits per heavy atom. The van der Waals surface area contributed by atoms with E-state index in [0.717, 1.165) is 0 Å². The van der Waals surface area contributed by atoms with Crippen LogP contribution in [0.4, 0.5) is 5.69 Å². The van der Waals surface area contributed by atoms with E-state index in [4.69, 9.17) is 22.1 Å². The fourth-order valence-corrected chi connectivity index (χ4v) is 2.13. The van der Waals surface area contributed by atoms with Crippen LogP contribution in [0.3, 0.4) is 0 Å². The Kier molecular flexibility index (Phi) is 5.51. The molecule has 2 atom stereocenters. The summed E-state index contributed by atoms with van der Waals surface area (Å²) in [5.41, 5.74) is 4.34. The molecule has 8 heteroatoms. The van der Waals surface area contributed by atoms with Crippen LogP contribution in [-0.4, -0.2) is 29.6 Å². The van der Waals surface area contributed by atoms with Crippen LogP contribution in [0.15, 0.2) is 18.2 Å². The average Bonchev–Trinajstić information content (AvgIpc) is 2.39. The molecule has 0 heterocycles. The molecule has 0 aromatic heterocycles. The number of hydrogen-bond donors (Lipinski definition) is 1. The minimum atomic E-state index is -1.26. The number of methoxy groups -OCH3 is 1. The lowest BCUT2D eigenvalue weighted by molar-refractivity contribution is -0.386. The van der Waals surface area contributed by atoms with Crippen molar-refractivity contribution in [2.75, 3.05) is 7.11 Å². The summed E-state index contributed by atoms with van der Waals surface area (Å²) in [5.74, 6) is -0.635. The van der Waals surface area contributed by atoms with Gasteiger partial charge in [0.1, 0.15) is 5.54 Å². The molecule has 1 rings (SSSR count). The zero-order valence-electron chi connectivity index (χ0n) is 12.0. The maximum Gasteiger partial charge on any atom is 0.325 e. The van der Waals surface area contributed by atoms with E-state index in [2.05, 4.69) is 4.74 Å². The van der Waals surface area contributed by atoms with Crippen LogP contribution >= 0.6 is 11.6 Å². The van der Waals surface area contributed by atoms with Crippen molar-refractivity contribution in [3.05, 3.63) is 33.3 Å². The van der Waals surface area contributed by atoms with E-state index in [-0.39, 0.29) is 22.9 Å². The van der Waals surface area contributed by atoms with Crippen LogP contribution in [0.2, 0.25) is 5.02 Å². The first-order valence-electron chi connectivity index (χ1n) is 6.16. The van der Waals surface area contributed by atoms with Gasteiger partial charge in [0.05, 0.1) is 23.2 Å². The number of nitrogens with two attached hydrogens (primary N) is 1. The Hall–Kier alpha value is -1.86. The molecular formula is C13H17ClN2O5. The van der Waals surface area contributed by atoms with Crippen LogP contribution in [0.25, 0.3) is 0 Å². The van der Waals surface area contributed by atoms with Gasteiger partial charge in [-0.15, -0.1) is 0 Å². The second kappa shape index (κ2) is 6.73. The number of carbonyl (C=O) groups excluding carboxylic acids is 1. The van der Waals surface area contributed by atoms with Crippen LogP contribution in [0.5, 0.6) is 5.75 Å². The lowest BCUT2D eigenvalue weighted by Crippen LogP contribution is -2.48. The molecule has 0 aliphatic carbocycles. The minimum Gasteiger partial charge on any atom is -0.483 e. The third kappa shape index (κ3) is 4.30. The van der Waals surface area contributed by atoms with E-state index in [9.17, 15) is 14.9 Å². The van der Waals surface area contributed by atoms with Gasteiger partial charge in [-0.3, -0.25) is 14.9 Å². The Bertz CT molecular complexity index is 547. The molecule has 1 aromatic carbocycles. The third-order valence-corrected chi connectivity index (χ3v) is 3.12. The van der Waals surface area contributed by atoms with Gasteiger partial charge in [0, 0.05) is 12.5 Å². The van der Waals surface area contributed by atoms with Crippen molar-refractivity contribution in [2.24, 2.45) is 5.73 Å². The molecule has 2 unspecified atom stereocenters. The summed E-state index contributed by atoms with van der Waals surface area (Å²) in [6, 6.07) is 4.23. The normalized spacial score (nSPS) is 14.9. The number of benzene rings is 1. The molecule has 0 aliphatic heterocycles. The molecule has 0 bridgehead atoms. The predicted molar refractivity (Wildman–Crippen MR) is 77.4 cm³/mol. The standard InChI is InChI=1S/C13H17ClN2O5/c1-8(7-13(2,15)12(17)20-3)21-11-9(14)5-4-6-10(11)16(18)19/h4-6,8H,7,15H2,1-3H3. The summed E-state index contributed by atoms with van der Waals surface area (Å²) in [6.45, 7) is 3.14. The SMILES string of the molecule is COC(=O)C(C)(N)CC(C)Oc1c(Cl)cccc1[N+](=O)[O-]. The number of nitrogens with zero attached hydrogens (tertiary/aromatic N) is 1. The largest absolute Gasteiger partial charge is 0.483 e. The molecule has 0 radical (unpaired) electrons. The highest BCUT2D eigenvalue weighted by Gasteiger charge is 2.33. The lowest BCUT2D eigenvalue weighted by Gasteiger charge is -2.25. The van der Waals surface area contributed by atoms with E-state index in [0.29, 0.717) is 0 Å². The van der Waals surface area contributed by atoms with Crippen LogP contribution in [-0.2, 0) is 9.53 Å². The number of rotatable bonds is 6. The van der Waals surface area contributed by atoms with Gasteiger partial charge in [0.15, 0.2) is 0 Å². The lowest BCUT2D eigenvalue weighted by atomic mass is 9.96. The van der Waals surface area contributed by atoms with Crippen molar-refractivity contribution in [3.8, 4) is 5.75 Å². The van der Waals surface area contributed by atoms with Crippen LogP contribution < -0.4 is 10.5 Å². The fraction of sp³-hybridized carbons (Fsp3) is 0.462. The predicted octanol–water partition coefficient (Wildman–Crippen LogP) is 2.30. The molecule has 7 nitrogen and oxygen atoms in total. The van der Waals surface area contributed by atoms with Crippen molar-refractivity contribution in [1.29, 1.82) is 0 Å². The van der Waals surface area contributed by atoms with Gasteiger partial charge >= 0.3 is 11.7 Å². The van der Waals surface area contributed by atoms with Crippen molar-refractivity contribution in [1.82, 2.24) is 0 Å².